The number of rotatable bonds is 10. The average Bonchev–Trinajstić information content (AvgIpc) is 2.47. The topological polar surface area (TPSA) is 44.7 Å². The molecule has 1 aliphatic rings. The van der Waals surface area contributed by atoms with Crippen molar-refractivity contribution in [2.24, 2.45) is 5.92 Å². The van der Waals surface area contributed by atoms with E-state index in [1.165, 1.54) is 12.8 Å². The van der Waals surface area contributed by atoms with E-state index in [9.17, 15) is 5.11 Å². The molecule has 0 radical (unpaired) electrons. The van der Waals surface area contributed by atoms with Gasteiger partial charge in [0.2, 0.25) is 0 Å². The molecule has 0 aromatic heterocycles. The Labute approximate surface area is 124 Å². The fourth-order valence-electron chi connectivity index (χ4n) is 2.75. The van der Waals surface area contributed by atoms with E-state index in [-0.39, 0.29) is 6.10 Å². The SMILES string of the molecule is CCN(CC)CCNCC(O)COC1CCC(C)CC1. The van der Waals surface area contributed by atoms with E-state index in [2.05, 4.69) is 31.0 Å². The maximum Gasteiger partial charge on any atom is 0.0897 e. The Morgan fingerprint density at radius 2 is 1.85 bits per heavy atom. The normalized spacial score (nSPS) is 25.1. The van der Waals surface area contributed by atoms with Crippen molar-refractivity contribution in [2.75, 3.05) is 39.3 Å². The summed E-state index contributed by atoms with van der Waals surface area (Å²) in [5.41, 5.74) is 0. The molecule has 0 saturated heterocycles. The molecule has 0 amide bonds. The van der Waals surface area contributed by atoms with Gasteiger partial charge in [-0.25, -0.2) is 0 Å². The zero-order valence-electron chi connectivity index (χ0n) is 13.6. The van der Waals surface area contributed by atoms with Gasteiger partial charge in [0.1, 0.15) is 0 Å². The minimum Gasteiger partial charge on any atom is -0.389 e. The number of ether oxygens (including phenoxy) is 1. The van der Waals surface area contributed by atoms with Crippen LogP contribution in [0.3, 0.4) is 0 Å². The highest BCUT2D eigenvalue weighted by Gasteiger charge is 2.19. The number of nitrogens with one attached hydrogen (secondary N) is 1. The van der Waals surface area contributed by atoms with E-state index in [4.69, 9.17) is 4.74 Å². The first-order chi connectivity index (χ1) is 9.65. The van der Waals surface area contributed by atoms with Crippen LogP contribution in [0.1, 0.15) is 46.5 Å². The van der Waals surface area contributed by atoms with Crippen LogP contribution in [0.25, 0.3) is 0 Å². The highest BCUT2D eigenvalue weighted by Crippen LogP contribution is 2.25. The molecule has 120 valence electrons. The molecule has 0 heterocycles. The molecule has 0 aliphatic heterocycles. The van der Waals surface area contributed by atoms with Gasteiger partial charge in [-0.1, -0.05) is 20.8 Å². The number of hydrogen-bond donors (Lipinski definition) is 2. The number of likely N-dealkylation sites (N-methyl/N-ethyl adjacent to an activating group) is 1. The summed E-state index contributed by atoms with van der Waals surface area (Å²) in [5, 5.41) is 13.2. The Bertz CT molecular complexity index is 227. The van der Waals surface area contributed by atoms with Crippen LogP contribution in [-0.4, -0.2) is 61.5 Å². The molecule has 2 N–H and O–H groups in total. The molecular weight excluding hydrogens is 252 g/mol. The predicted molar refractivity (Wildman–Crippen MR) is 84.0 cm³/mol. The molecule has 1 fully saturated rings. The van der Waals surface area contributed by atoms with Gasteiger partial charge in [-0.3, -0.25) is 0 Å². The number of aliphatic hydroxyl groups excluding tert-OH is 1. The number of aliphatic hydroxyl groups is 1. The third kappa shape index (κ3) is 7.58. The quantitative estimate of drug-likeness (QED) is 0.602. The van der Waals surface area contributed by atoms with Gasteiger partial charge >= 0.3 is 0 Å². The Kier molecular flexibility index (Phi) is 9.44. The molecule has 20 heavy (non-hydrogen) atoms. The molecule has 1 saturated carbocycles. The van der Waals surface area contributed by atoms with Crippen LogP contribution in [0.5, 0.6) is 0 Å². The van der Waals surface area contributed by atoms with E-state index in [1.807, 2.05) is 0 Å². The van der Waals surface area contributed by atoms with Crippen molar-refractivity contribution in [2.45, 2.75) is 58.7 Å². The first kappa shape index (κ1) is 17.9. The van der Waals surface area contributed by atoms with Crippen molar-refractivity contribution < 1.29 is 9.84 Å². The molecule has 1 aliphatic carbocycles. The van der Waals surface area contributed by atoms with E-state index in [0.29, 0.717) is 19.3 Å². The van der Waals surface area contributed by atoms with Crippen molar-refractivity contribution in [3.63, 3.8) is 0 Å². The molecule has 0 aromatic carbocycles. The minimum atomic E-state index is -0.383. The van der Waals surface area contributed by atoms with Gasteiger partial charge in [-0.15, -0.1) is 0 Å². The summed E-state index contributed by atoms with van der Waals surface area (Å²) < 4.78 is 5.81. The van der Waals surface area contributed by atoms with Gasteiger partial charge in [0, 0.05) is 19.6 Å². The Balaban J connectivity index is 1.98. The zero-order chi connectivity index (χ0) is 14.8. The first-order valence-corrected chi connectivity index (χ1v) is 8.38. The highest BCUT2D eigenvalue weighted by molar-refractivity contribution is 4.71. The lowest BCUT2D eigenvalue weighted by Crippen LogP contribution is -2.37. The van der Waals surface area contributed by atoms with Gasteiger partial charge in [-0.2, -0.15) is 0 Å². The van der Waals surface area contributed by atoms with E-state index in [0.717, 1.165) is 44.9 Å². The second-order valence-electron chi connectivity index (χ2n) is 6.10. The van der Waals surface area contributed by atoms with Crippen molar-refractivity contribution in [1.29, 1.82) is 0 Å². The molecule has 0 aromatic rings. The Morgan fingerprint density at radius 1 is 1.20 bits per heavy atom. The lowest BCUT2D eigenvalue weighted by Gasteiger charge is -2.27. The molecule has 1 atom stereocenters. The predicted octanol–water partition coefficient (Wildman–Crippen LogP) is 1.87. The summed E-state index contributed by atoms with van der Waals surface area (Å²) in [6.45, 7) is 11.9. The zero-order valence-corrected chi connectivity index (χ0v) is 13.6. The summed E-state index contributed by atoms with van der Waals surface area (Å²) in [4.78, 5) is 2.37. The van der Waals surface area contributed by atoms with Gasteiger partial charge in [0.25, 0.3) is 0 Å². The average molecular weight is 286 g/mol. The third-order valence-corrected chi connectivity index (χ3v) is 4.37. The Morgan fingerprint density at radius 3 is 2.45 bits per heavy atom. The summed E-state index contributed by atoms with van der Waals surface area (Å²) >= 11 is 0. The monoisotopic (exact) mass is 286 g/mol. The third-order valence-electron chi connectivity index (χ3n) is 4.37. The number of hydrogen-bond acceptors (Lipinski definition) is 4. The lowest BCUT2D eigenvalue weighted by molar-refractivity contribution is -0.0278. The van der Waals surface area contributed by atoms with Gasteiger partial charge < -0.3 is 20.1 Å². The second-order valence-corrected chi connectivity index (χ2v) is 6.10. The summed E-state index contributed by atoms with van der Waals surface area (Å²) in [5.74, 6) is 0.849. The van der Waals surface area contributed by atoms with Crippen molar-refractivity contribution in [1.82, 2.24) is 10.2 Å². The molecule has 1 unspecified atom stereocenters. The maximum absolute atomic E-state index is 9.91. The first-order valence-electron chi connectivity index (χ1n) is 8.38. The molecule has 4 heteroatoms. The fraction of sp³-hybridized carbons (Fsp3) is 1.00. The number of nitrogens with zero attached hydrogens (tertiary/aromatic N) is 1. The highest BCUT2D eigenvalue weighted by atomic mass is 16.5. The molecule has 0 bridgehead atoms. The van der Waals surface area contributed by atoms with Crippen LogP contribution >= 0.6 is 0 Å². The molecule has 1 rings (SSSR count). The van der Waals surface area contributed by atoms with Crippen molar-refractivity contribution in [3.05, 3.63) is 0 Å². The van der Waals surface area contributed by atoms with Gasteiger partial charge in [-0.05, 0) is 44.7 Å². The summed E-state index contributed by atoms with van der Waals surface area (Å²) in [6, 6.07) is 0. The standard InChI is InChI=1S/C16H34N2O2/c1-4-18(5-2)11-10-17-12-15(19)13-20-16-8-6-14(3)7-9-16/h14-17,19H,4-13H2,1-3H3. The summed E-state index contributed by atoms with van der Waals surface area (Å²) in [7, 11) is 0. The van der Waals surface area contributed by atoms with E-state index >= 15 is 0 Å². The molecule has 4 nitrogen and oxygen atoms in total. The van der Waals surface area contributed by atoms with Crippen LogP contribution in [-0.2, 0) is 4.74 Å². The minimum absolute atomic E-state index is 0.372. The van der Waals surface area contributed by atoms with E-state index in [1.54, 1.807) is 0 Å². The Hall–Kier alpha value is -0.160. The van der Waals surface area contributed by atoms with Crippen LogP contribution < -0.4 is 5.32 Å². The van der Waals surface area contributed by atoms with Gasteiger partial charge in [0.15, 0.2) is 0 Å². The fourth-order valence-corrected chi connectivity index (χ4v) is 2.75. The van der Waals surface area contributed by atoms with Crippen LogP contribution in [0.2, 0.25) is 0 Å². The van der Waals surface area contributed by atoms with Crippen molar-refractivity contribution in [3.8, 4) is 0 Å². The molecular formula is C16H34N2O2. The van der Waals surface area contributed by atoms with E-state index < -0.39 is 0 Å². The van der Waals surface area contributed by atoms with Crippen LogP contribution in [0.15, 0.2) is 0 Å². The second kappa shape index (κ2) is 10.6. The maximum atomic E-state index is 9.91. The smallest absolute Gasteiger partial charge is 0.0897 e. The largest absolute Gasteiger partial charge is 0.389 e. The van der Waals surface area contributed by atoms with Crippen LogP contribution in [0.4, 0.5) is 0 Å². The van der Waals surface area contributed by atoms with Crippen molar-refractivity contribution >= 4 is 0 Å². The van der Waals surface area contributed by atoms with Gasteiger partial charge in [0.05, 0.1) is 18.8 Å². The summed E-state index contributed by atoms with van der Waals surface area (Å²) in [6.07, 6.45) is 4.83. The van der Waals surface area contributed by atoms with Crippen LogP contribution in [0, 0.1) is 5.92 Å². The lowest BCUT2D eigenvalue weighted by atomic mass is 9.89. The molecule has 0 spiro atoms.